The van der Waals surface area contributed by atoms with Crippen LogP contribution >= 0.6 is 12.4 Å². The fourth-order valence-electron chi connectivity index (χ4n) is 2.53. The molecule has 0 aliphatic heterocycles. The summed E-state index contributed by atoms with van der Waals surface area (Å²) in [5.41, 5.74) is 5.68. The Labute approximate surface area is 104 Å². The first-order valence-electron chi connectivity index (χ1n) is 6.31. The maximum Gasteiger partial charge on any atom is 0.223 e. The first kappa shape index (κ1) is 13.8. The standard InChI is InChI=1S/C12H22N2O.ClH/c13-8-11(9-6-7-9)14-12(15)10-4-2-1-3-5-10;/h9-11H,1-8,13H2,(H,14,15);1H. The molecule has 2 aliphatic carbocycles. The molecule has 94 valence electrons. The second kappa shape index (κ2) is 6.45. The van der Waals surface area contributed by atoms with Crippen LogP contribution < -0.4 is 11.1 Å². The number of rotatable bonds is 4. The van der Waals surface area contributed by atoms with Crippen molar-refractivity contribution in [3.8, 4) is 0 Å². The Morgan fingerprint density at radius 1 is 1.19 bits per heavy atom. The maximum atomic E-state index is 11.9. The largest absolute Gasteiger partial charge is 0.352 e. The zero-order valence-corrected chi connectivity index (χ0v) is 10.6. The van der Waals surface area contributed by atoms with E-state index in [0.29, 0.717) is 12.5 Å². The van der Waals surface area contributed by atoms with E-state index >= 15 is 0 Å². The van der Waals surface area contributed by atoms with Crippen LogP contribution in [0.2, 0.25) is 0 Å². The van der Waals surface area contributed by atoms with Crippen molar-refractivity contribution in [3.05, 3.63) is 0 Å². The first-order valence-corrected chi connectivity index (χ1v) is 6.31. The topological polar surface area (TPSA) is 55.1 Å². The Hall–Kier alpha value is -0.280. The highest BCUT2D eigenvalue weighted by Gasteiger charge is 2.32. The van der Waals surface area contributed by atoms with E-state index < -0.39 is 0 Å². The van der Waals surface area contributed by atoms with Gasteiger partial charge in [0.25, 0.3) is 0 Å². The molecule has 0 saturated heterocycles. The number of nitrogens with one attached hydrogen (secondary N) is 1. The molecule has 0 bridgehead atoms. The van der Waals surface area contributed by atoms with Crippen molar-refractivity contribution in [3.63, 3.8) is 0 Å². The number of halogens is 1. The molecule has 3 nitrogen and oxygen atoms in total. The van der Waals surface area contributed by atoms with Crippen LogP contribution in [0.15, 0.2) is 0 Å². The molecule has 1 amide bonds. The van der Waals surface area contributed by atoms with Crippen LogP contribution in [0, 0.1) is 11.8 Å². The van der Waals surface area contributed by atoms with E-state index in [1.165, 1.54) is 32.1 Å². The number of amides is 1. The maximum absolute atomic E-state index is 11.9. The predicted molar refractivity (Wildman–Crippen MR) is 67.5 cm³/mol. The lowest BCUT2D eigenvalue weighted by atomic mass is 9.88. The van der Waals surface area contributed by atoms with Gasteiger partial charge in [0, 0.05) is 18.5 Å². The molecule has 4 heteroatoms. The number of hydrogen-bond donors (Lipinski definition) is 2. The van der Waals surface area contributed by atoms with Gasteiger partial charge in [-0.3, -0.25) is 4.79 Å². The third kappa shape index (κ3) is 3.63. The summed E-state index contributed by atoms with van der Waals surface area (Å²) in [5.74, 6) is 1.20. The van der Waals surface area contributed by atoms with Crippen LogP contribution in [-0.2, 0) is 4.79 Å². The van der Waals surface area contributed by atoms with Gasteiger partial charge in [0.2, 0.25) is 5.91 Å². The number of nitrogens with two attached hydrogens (primary N) is 1. The zero-order chi connectivity index (χ0) is 10.7. The van der Waals surface area contributed by atoms with Crippen LogP contribution in [0.4, 0.5) is 0 Å². The van der Waals surface area contributed by atoms with Crippen LogP contribution in [-0.4, -0.2) is 18.5 Å². The third-order valence-corrected chi connectivity index (χ3v) is 3.75. The summed E-state index contributed by atoms with van der Waals surface area (Å²) in [6.07, 6.45) is 8.37. The van der Waals surface area contributed by atoms with Gasteiger partial charge < -0.3 is 11.1 Å². The molecule has 0 spiro atoms. The van der Waals surface area contributed by atoms with Crippen molar-refractivity contribution in [1.82, 2.24) is 5.32 Å². The molecule has 16 heavy (non-hydrogen) atoms. The molecule has 0 heterocycles. The lowest BCUT2D eigenvalue weighted by Crippen LogP contribution is -2.44. The lowest BCUT2D eigenvalue weighted by Gasteiger charge is -2.24. The molecule has 0 aromatic carbocycles. The Balaban J connectivity index is 0.00000128. The summed E-state index contributed by atoms with van der Waals surface area (Å²) in [7, 11) is 0. The molecule has 0 radical (unpaired) electrons. The summed E-state index contributed by atoms with van der Waals surface area (Å²) in [6, 6.07) is 0.249. The van der Waals surface area contributed by atoms with E-state index in [-0.39, 0.29) is 30.3 Å². The lowest BCUT2D eigenvalue weighted by molar-refractivity contribution is -0.126. The summed E-state index contributed by atoms with van der Waals surface area (Å²) in [4.78, 5) is 11.9. The smallest absolute Gasteiger partial charge is 0.223 e. The second-order valence-electron chi connectivity index (χ2n) is 5.02. The van der Waals surface area contributed by atoms with Gasteiger partial charge in [-0.05, 0) is 31.6 Å². The minimum absolute atomic E-state index is 0. The molecule has 1 unspecified atom stereocenters. The minimum atomic E-state index is 0. The van der Waals surface area contributed by atoms with E-state index in [1.807, 2.05) is 0 Å². The fraction of sp³-hybridized carbons (Fsp3) is 0.917. The van der Waals surface area contributed by atoms with Crippen molar-refractivity contribution in [2.75, 3.05) is 6.54 Å². The molecule has 2 aliphatic rings. The molecular weight excluding hydrogens is 224 g/mol. The highest BCUT2D eigenvalue weighted by molar-refractivity contribution is 5.85. The Bertz CT molecular complexity index is 225. The van der Waals surface area contributed by atoms with Crippen molar-refractivity contribution >= 4 is 18.3 Å². The molecule has 0 aromatic heterocycles. The molecule has 2 rings (SSSR count). The van der Waals surface area contributed by atoms with Crippen LogP contribution in [0.5, 0.6) is 0 Å². The summed E-state index contributed by atoms with van der Waals surface area (Å²) in [6.45, 7) is 0.600. The van der Waals surface area contributed by atoms with Gasteiger partial charge >= 0.3 is 0 Å². The average Bonchev–Trinajstić information content (AvgIpc) is 3.10. The Morgan fingerprint density at radius 2 is 1.81 bits per heavy atom. The summed E-state index contributed by atoms with van der Waals surface area (Å²) in [5, 5.41) is 3.13. The van der Waals surface area contributed by atoms with Gasteiger partial charge in [-0.15, -0.1) is 12.4 Å². The number of hydrogen-bond acceptors (Lipinski definition) is 2. The Morgan fingerprint density at radius 3 is 2.31 bits per heavy atom. The van der Waals surface area contributed by atoms with E-state index in [0.717, 1.165) is 12.8 Å². The minimum Gasteiger partial charge on any atom is -0.352 e. The Kier molecular flexibility index (Phi) is 5.56. The van der Waals surface area contributed by atoms with E-state index in [2.05, 4.69) is 5.32 Å². The molecule has 2 fully saturated rings. The number of carbonyl (C=O) groups excluding carboxylic acids is 1. The van der Waals surface area contributed by atoms with Gasteiger partial charge in [0.1, 0.15) is 0 Å². The van der Waals surface area contributed by atoms with Crippen molar-refractivity contribution in [1.29, 1.82) is 0 Å². The SMILES string of the molecule is Cl.NCC(NC(=O)C1CCCCC1)C1CC1. The summed E-state index contributed by atoms with van der Waals surface area (Å²) < 4.78 is 0. The van der Waals surface area contributed by atoms with E-state index in [4.69, 9.17) is 5.73 Å². The summed E-state index contributed by atoms with van der Waals surface area (Å²) >= 11 is 0. The molecule has 1 atom stereocenters. The van der Waals surface area contributed by atoms with Gasteiger partial charge in [0.15, 0.2) is 0 Å². The van der Waals surface area contributed by atoms with Crippen LogP contribution in [0.3, 0.4) is 0 Å². The van der Waals surface area contributed by atoms with Gasteiger partial charge in [-0.25, -0.2) is 0 Å². The average molecular weight is 247 g/mol. The van der Waals surface area contributed by atoms with Crippen molar-refractivity contribution in [2.24, 2.45) is 17.6 Å². The number of carbonyl (C=O) groups is 1. The van der Waals surface area contributed by atoms with E-state index in [9.17, 15) is 4.79 Å². The predicted octanol–water partition coefficient (Wildman–Crippen LogP) is 1.84. The zero-order valence-electron chi connectivity index (χ0n) is 9.78. The van der Waals surface area contributed by atoms with E-state index in [1.54, 1.807) is 0 Å². The van der Waals surface area contributed by atoms with Crippen molar-refractivity contribution < 1.29 is 4.79 Å². The fourth-order valence-corrected chi connectivity index (χ4v) is 2.53. The molecule has 2 saturated carbocycles. The molecular formula is C12H23ClN2O. The second-order valence-corrected chi connectivity index (χ2v) is 5.02. The molecule has 3 N–H and O–H groups in total. The highest BCUT2D eigenvalue weighted by Crippen LogP contribution is 2.32. The van der Waals surface area contributed by atoms with Crippen LogP contribution in [0.25, 0.3) is 0 Å². The van der Waals surface area contributed by atoms with Gasteiger partial charge in [-0.2, -0.15) is 0 Å². The quantitative estimate of drug-likeness (QED) is 0.796. The van der Waals surface area contributed by atoms with Crippen molar-refractivity contribution in [2.45, 2.75) is 51.0 Å². The third-order valence-electron chi connectivity index (χ3n) is 3.75. The van der Waals surface area contributed by atoms with Gasteiger partial charge in [0.05, 0.1) is 0 Å². The van der Waals surface area contributed by atoms with Gasteiger partial charge in [-0.1, -0.05) is 19.3 Å². The van der Waals surface area contributed by atoms with Crippen LogP contribution in [0.1, 0.15) is 44.9 Å². The molecule has 0 aromatic rings. The normalized spacial score (nSPS) is 23.3. The monoisotopic (exact) mass is 246 g/mol. The highest BCUT2D eigenvalue weighted by atomic mass is 35.5. The first-order chi connectivity index (χ1) is 7.31.